The fourth-order valence-corrected chi connectivity index (χ4v) is 2.17. The summed E-state index contributed by atoms with van der Waals surface area (Å²) >= 11 is 0. The summed E-state index contributed by atoms with van der Waals surface area (Å²) in [6.45, 7) is 2.12. The van der Waals surface area contributed by atoms with Crippen LogP contribution in [0.2, 0.25) is 0 Å². The van der Waals surface area contributed by atoms with Crippen molar-refractivity contribution in [1.82, 2.24) is 4.98 Å². The molecule has 2 aromatic carbocycles. The van der Waals surface area contributed by atoms with Crippen LogP contribution < -0.4 is 0 Å². The Bertz CT molecular complexity index is 671. The Kier molecular flexibility index (Phi) is 3.63. The van der Waals surface area contributed by atoms with Crippen molar-refractivity contribution in [2.45, 2.75) is 6.92 Å². The molecule has 0 unspecified atom stereocenters. The van der Waals surface area contributed by atoms with E-state index in [1.54, 1.807) is 0 Å². The second-order valence-corrected chi connectivity index (χ2v) is 4.20. The molecule has 3 aromatic rings. The molecule has 0 fully saturated rings. The standard InChI is InChI=1S/C16H13N.ClH/c1-12-6-2-4-8-14(12)16-15-9-5-3-7-13(15)10-11-17-16;/h2-11H,1H3;1H. The van der Waals surface area contributed by atoms with E-state index in [-0.39, 0.29) is 12.4 Å². The van der Waals surface area contributed by atoms with Crippen LogP contribution in [0.5, 0.6) is 0 Å². The van der Waals surface area contributed by atoms with Gasteiger partial charge in [-0.15, -0.1) is 12.4 Å². The quantitative estimate of drug-likeness (QED) is 0.618. The minimum Gasteiger partial charge on any atom is -0.256 e. The predicted octanol–water partition coefficient (Wildman–Crippen LogP) is 4.63. The molecule has 0 aliphatic heterocycles. The minimum atomic E-state index is 0. The molecule has 0 N–H and O–H groups in total. The average molecular weight is 256 g/mol. The van der Waals surface area contributed by atoms with Crippen molar-refractivity contribution in [3.8, 4) is 11.3 Å². The number of aromatic nitrogens is 1. The lowest BCUT2D eigenvalue weighted by Gasteiger charge is -2.08. The molecule has 18 heavy (non-hydrogen) atoms. The smallest absolute Gasteiger partial charge is 0.0782 e. The third-order valence-electron chi connectivity index (χ3n) is 3.07. The zero-order valence-electron chi connectivity index (χ0n) is 10.1. The SMILES string of the molecule is Cc1ccccc1-c1nccc2ccccc12.Cl. The number of nitrogens with zero attached hydrogens (tertiary/aromatic N) is 1. The number of aryl methyl sites for hydroxylation is 1. The zero-order valence-corrected chi connectivity index (χ0v) is 10.9. The molecule has 0 saturated heterocycles. The summed E-state index contributed by atoms with van der Waals surface area (Å²) in [5, 5.41) is 2.45. The van der Waals surface area contributed by atoms with E-state index in [4.69, 9.17) is 0 Å². The molecule has 0 bridgehead atoms. The number of halogens is 1. The summed E-state index contributed by atoms with van der Waals surface area (Å²) in [7, 11) is 0. The van der Waals surface area contributed by atoms with Gasteiger partial charge in [-0.1, -0.05) is 48.5 Å². The van der Waals surface area contributed by atoms with Gasteiger partial charge >= 0.3 is 0 Å². The summed E-state index contributed by atoms with van der Waals surface area (Å²) in [6.07, 6.45) is 1.88. The van der Waals surface area contributed by atoms with Crippen LogP contribution in [0, 0.1) is 6.92 Å². The van der Waals surface area contributed by atoms with Crippen LogP contribution in [-0.2, 0) is 0 Å². The zero-order chi connectivity index (χ0) is 11.7. The van der Waals surface area contributed by atoms with Crippen LogP contribution in [0.4, 0.5) is 0 Å². The molecular weight excluding hydrogens is 242 g/mol. The van der Waals surface area contributed by atoms with Gasteiger partial charge < -0.3 is 0 Å². The first-order chi connectivity index (χ1) is 8.36. The summed E-state index contributed by atoms with van der Waals surface area (Å²) in [4.78, 5) is 4.54. The summed E-state index contributed by atoms with van der Waals surface area (Å²) < 4.78 is 0. The van der Waals surface area contributed by atoms with Gasteiger partial charge in [0.15, 0.2) is 0 Å². The highest BCUT2D eigenvalue weighted by Gasteiger charge is 2.06. The maximum absolute atomic E-state index is 4.54. The van der Waals surface area contributed by atoms with E-state index >= 15 is 0 Å². The highest BCUT2D eigenvalue weighted by atomic mass is 35.5. The van der Waals surface area contributed by atoms with Gasteiger partial charge in [0.2, 0.25) is 0 Å². The number of benzene rings is 2. The Morgan fingerprint density at radius 1 is 0.833 bits per heavy atom. The highest BCUT2D eigenvalue weighted by Crippen LogP contribution is 2.28. The third-order valence-corrected chi connectivity index (χ3v) is 3.07. The highest BCUT2D eigenvalue weighted by molar-refractivity contribution is 5.94. The van der Waals surface area contributed by atoms with E-state index in [1.165, 1.54) is 21.9 Å². The van der Waals surface area contributed by atoms with E-state index in [0.29, 0.717) is 0 Å². The molecule has 2 heteroatoms. The molecule has 1 aromatic heterocycles. The van der Waals surface area contributed by atoms with E-state index in [2.05, 4.69) is 66.5 Å². The molecule has 1 nitrogen and oxygen atoms in total. The molecular formula is C16H14ClN. The first-order valence-corrected chi connectivity index (χ1v) is 5.76. The molecule has 1 heterocycles. The van der Waals surface area contributed by atoms with E-state index in [0.717, 1.165) is 5.69 Å². The lowest BCUT2D eigenvalue weighted by atomic mass is 10.0. The predicted molar refractivity (Wildman–Crippen MR) is 79.2 cm³/mol. The van der Waals surface area contributed by atoms with Crippen molar-refractivity contribution >= 4 is 23.2 Å². The fourth-order valence-electron chi connectivity index (χ4n) is 2.17. The first-order valence-electron chi connectivity index (χ1n) is 5.76. The average Bonchev–Trinajstić information content (AvgIpc) is 2.39. The second-order valence-electron chi connectivity index (χ2n) is 4.20. The molecule has 0 aliphatic carbocycles. The van der Waals surface area contributed by atoms with Gasteiger partial charge in [0.05, 0.1) is 5.69 Å². The van der Waals surface area contributed by atoms with Crippen LogP contribution in [0.3, 0.4) is 0 Å². The number of hydrogen-bond donors (Lipinski definition) is 0. The molecule has 0 atom stereocenters. The van der Waals surface area contributed by atoms with E-state index in [9.17, 15) is 0 Å². The fraction of sp³-hybridized carbons (Fsp3) is 0.0625. The van der Waals surface area contributed by atoms with Crippen LogP contribution in [0.25, 0.3) is 22.0 Å². The minimum absolute atomic E-state index is 0. The summed E-state index contributed by atoms with van der Waals surface area (Å²) in [6, 6.07) is 18.8. The topological polar surface area (TPSA) is 12.9 Å². The number of pyridine rings is 1. The van der Waals surface area contributed by atoms with Crippen molar-refractivity contribution < 1.29 is 0 Å². The second kappa shape index (κ2) is 5.19. The van der Waals surface area contributed by atoms with Gasteiger partial charge in [0.1, 0.15) is 0 Å². The number of hydrogen-bond acceptors (Lipinski definition) is 1. The lowest BCUT2D eigenvalue weighted by molar-refractivity contribution is 1.33. The number of rotatable bonds is 1. The van der Waals surface area contributed by atoms with Crippen molar-refractivity contribution in [3.63, 3.8) is 0 Å². The Hall–Kier alpha value is -1.86. The van der Waals surface area contributed by atoms with E-state index < -0.39 is 0 Å². The maximum atomic E-state index is 4.54. The molecule has 0 radical (unpaired) electrons. The maximum Gasteiger partial charge on any atom is 0.0782 e. The van der Waals surface area contributed by atoms with Crippen molar-refractivity contribution in [3.05, 3.63) is 66.4 Å². The molecule has 0 spiro atoms. The van der Waals surface area contributed by atoms with Crippen LogP contribution in [0.1, 0.15) is 5.56 Å². The Morgan fingerprint density at radius 3 is 2.39 bits per heavy atom. The van der Waals surface area contributed by atoms with Gasteiger partial charge in [-0.05, 0) is 23.9 Å². The Morgan fingerprint density at radius 2 is 1.56 bits per heavy atom. The molecule has 0 saturated carbocycles. The largest absolute Gasteiger partial charge is 0.256 e. The monoisotopic (exact) mass is 255 g/mol. The third kappa shape index (κ3) is 2.09. The first kappa shape index (κ1) is 12.6. The summed E-state index contributed by atoms with van der Waals surface area (Å²) in [5.74, 6) is 0. The Labute approximate surface area is 113 Å². The van der Waals surface area contributed by atoms with Crippen molar-refractivity contribution in [2.75, 3.05) is 0 Å². The molecule has 0 aliphatic rings. The lowest BCUT2D eigenvalue weighted by Crippen LogP contribution is -1.88. The van der Waals surface area contributed by atoms with Gasteiger partial charge in [0.25, 0.3) is 0 Å². The van der Waals surface area contributed by atoms with Crippen molar-refractivity contribution in [1.29, 1.82) is 0 Å². The van der Waals surface area contributed by atoms with Crippen LogP contribution >= 0.6 is 12.4 Å². The normalized spacial score (nSPS) is 10.1. The molecule has 90 valence electrons. The van der Waals surface area contributed by atoms with Gasteiger partial charge in [-0.25, -0.2) is 0 Å². The number of fused-ring (bicyclic) bond motifs is 1. The van der Waals surface area contributed by atoms with Crippen molar-refractivity contribution in [2.24, 2.45) is 0 Å². The van der Waals surface area contributed by atoms with E-state index in [1.807, 2.05) is 6.20 Å². The molecule has 0 amide bonds. The van der Waals surface area contributed by atoms with Crippen LogP contribution in [-0.4, -0.2) is 4.98 Å². The van der Waals surface area contributed by atoms with Crippen LogP contribution in [0.15, 0.2) is 60.8 Å². The van der Waals surface area contributed by atoms with Gasteiger partial charge in [-0.3, -0.25) is 4.98 Å². The molecule has 3 rings (SSSR count). The van der Waals surface area contributed by atoms with Gasteiger partial charge in [-0.2, -0.15) is 0 Å². The van der Waals surface area contributed by atoms with Gasteiger partial charge in [0, 0.05) is 17.1 Å². The Balaban J connectivity index is 0.00000120. The summed E-state index contributed by atoms with van der Waals surface area (Å²) in [5.41, 5.74) is 3.54.